The van der Waals surface area contributed by atoms with E-state index in [1.165, 1.54) is 42.3 Å². The van der Waals surface area contributed by atoms with Crippen LogP contribution in [0.2, 0.25) is 0 Å². The van der Waals surface area contributed by atoms with Gasteiger partial charge in [0, 0.05) is 49.8 Å². The molecule has 1 saturated heterocycles. The number of halogens is 5. The second-order valence-electron chi connectivity index (χ2n) is 12.1. The Kier molecular flexibility index (Phi) is 10.9. The molecule has 1 atom stereocenters. The van der Waals surface area contributed by atoms with Crippen molar-refractivity contribution >= 4 is 39.1 Å². The first-order valence-corrected chi connectivity index (χ1v) is 16.2. The quantitative estimate of drug-likeness (QED) is 0.364. The minimum Gasteiger partial charge on any atom is -0.444 e. The Morgan fingerprint density at radius 2 is 1.85 bits per heavy atom. The zero-order valence-corrected chi connectivity index (χ0v) is 27.4. The van der Waals surface area contributed by atoms with E-state index in [1.807, 2.05) is 0 Å². The molecule has 47 heavy (non-hydrogen) atoms. The number of pyridine rings is 1. The molecule has 3 amide bonds. The predicted molar refractivity (Wildman–Crippen MR) is 163 cm³/mol. The Labute approximate surface area is 269 Å². The van der Waals surface area contributed by atoms with Crippen LogP contribution in [-0.4, -0.2) is 76.5 Å². The van der Waals surface area contributed by atoms with Gasteiger partial charge in [0.15, 0.2) is 5.69 Å². The molecular formula is C30H35F5N6O5S. The summed E-state index contributed by atoms with van der Waals surface area (Å²) in [6.07, 6.45) is -5.98. The summed E-state index contributed by atoms with van der Waals surface area (Å²) in [4.78, 5) is 44.2. The number of nitriles is 1. The van der Waals surface area contributed by atoms with Gasteiger partial charge >= 0.3 is 12.3 Å². The molecule has 11 nitrogen and oxygen atoms in total. The number of likely N-dealkylation sites (N-methyl/N-ethyl adjacent to an activating group) is 1. The molecule has 1 N–H and O–H groups in total. The molecule has 2 heterocycles. The van der Waals surface area contributed by atoms with Crippen molar-refractivity contribution in [3.8, 4) is 6.07 Å². The average molecular weight is 687 g/mol. The molecule has 0 spiro atoms. The van der Waals surface area contributed by atoms with Crippen molar-refractivity contribution in [1.29, 1.82) is 5.26 Å². The highest BCUT2D eigenvalue weighted by atomic mass is 32.2. The van der Waals surface area contributed by atoms with E-state index in [0.29, 0.717) is 0 Å². The highest BCUT2D eigenvalue weighted by Gasteiger charge is 2.40. The van der Waals surface area contributed by atoms with E-state index >= 15 is 0 Å². The molecule has 0 radical (unpaired) electrons. The zero-order valence-electron chi connectivity index (χ0n) is 26.6. The van der Waals surface area contributed by atoms with Crippen molar-refractivity contribution in [3.63, 3.8) is 0 Å². The summed E-state index contributed by atoms with van der Waals surface area (Å²) in [6, 6.07) is 6.81. The number of aromatic nitrogens is 1. The number of nitrogens with zero attached hydrogens (tertiary/aromatic N) is 5. The molecule has 1 aromatic carbocycles. The maximum absolute atomic E-state index is 14.1. The number of hydrogen-bond acceptors (Lipinski definition) is 8. The first-order valence-electron chi connectivity index (χ1n) is 14.3. The van der Waals surface area contributed by atoms with E-state index in [2.05, 4.69) is 14.7 Å². The molecule has 256 valence electrons. The van der Waals surface area contributed by atoms with Crippen molar-refractivity contribution < 1.29 is 45.3 Å². The summed E-state index contributed by atoms with van der Waals surface area (Å²) in [6.45, 7) is 5.02. The molecule has 0 aliphatic carbocycles. The van der Waals surface area contributed by atoms with Crippen molar-refractivity contribution in [2.45, 2.75) is 69.6 Å². The molecule has 17 heteroatoms. The lowest BCUT2D eigenvalue weighted by Crippen LogP contribution is -2.37. The Morgan fingerprint density at radius 3 is 2.45 bits per heavy atom. The molecule has 3 rings (SSSR count). The minimum absolute atomic E-state index is 0.00137. The van der Waals surface area contributed by atoms with Gasteiger partial charge in [0.2, 0.25) is 5.92 Å². The van der Waals surface area contributed by atoms with Gasteiger partial charge in [0.1, 0.15) is 24.0 Å². The zero-order chi connectivity index (χ0) is 35.5. The number of rotatable bonds is 6. The summed E-state index contributed by atoms with van der Waals surface area (Å²) in [7, 11) is -2.13. The number of nitrogens with one attached hydrogen (secondary N) is 1. The molecule has 0 unspecified atom stereocenters. The Morgan fingerprint density at radius 1 is 1.19 bits per heavy atom. The van der Waals surface area contributed by atoms with Crippen molar-refractivity contribution in [1.82, 2.24) is 9.88 Å². The van der Waals surface area contributed by atoms with E-state index in [0.717, 1.165) is 18.1 Å². The van der Waals surface area contributed by atoms with Crippen LogP contribution in [0.25, 0.3) is 0 Å². The Balaban J connectivity index is 1.98. The van der Waals surface area contributed by atoms with Crippen LogP contribution < -0.4 is 10.2 Å². The first kappa shape index (κ1) is 37.1. The van der Waals surface area contributed by atoms with Gasteiger partial charge in [-0.15, -0.1) is 0 Å². The van der Waals surface area contributed by atoms with E-state index in [1.54, 1.807) is 20.8 Å². The fourth-order valence-corrected chi connectivity index (χ4v) is 5.92. The number of alkyl halides is 5. The lowest BCUT2D eigenvalue weighted by molar-refractivity contribution is -0.141. The topological polar surface area (TPSA) is 145 Å². The fraction of sp³-hybridized carbons (Fsp3) is 0.500. The third-order valence-corrected chi connectivity index (χ3v) is 8.62. The maximum atomic E-state index is 14.1. The van der Waals surface area contributed by atoms with Gasteiger partial charge in [-0.1, -0.05) is 6.07 Å². The lowest BCUT2D eigenvalue weighted by atomic mass is 10.00. The van der Waals surface area contributed by atoms with E-state index < -0.39 is 93.9 Å². The second kappa shape index (κ2) is 13.8. The highest BCUT2D eigenvalue weighted by Crippen LogP contribution is 2.38. The van der Waals surface area contributed by atoms with Crippen LogP contribution in [-0.2, 0) is 25.4 Å². The maximum Gasteiger partial charge on any atom is 0.434 e. The van der Waals surface area contributed by atoms with Crippen LogP contribution in [0, 0.1) is 18.3 Å². The molecular weight excluding hydrogens is 651 g/mol. The Bertz CT molecular complexity index is 1720. The fourth-order valence-electron chi connectivity index (χ4n) is 4.69. The van der Waals surface area contributed by atoms with Crippen LogP contribution in [0.3, 0.4) is 0 Å². The van der Waals surface area contributed by atoms with Crippen LogP contribution in [0.4, 0.5) is 38.3 Å². The largest absolute Gasteiger partial charge is 0.444 e. The SMILES string of the molecule is Cc1c(C#N)c(C(F)(F)F)nc(N2CCCC(F)(F)CC2)c1C(=O)Nc1cccc([S@@](C)(=O)=NC(=O)CN(C)C(=O)OC(C)(C)C)c1. The van der Waals surface area contributed by atoms with Gasteiger partial charge in [0.05, 0.1) is 20.9 Å². The van der Waals surface area contributed by atoms with Crippen molar-refractivity contribution in [2.75, 3.05) is 43.2 Å². The summed E-state index contributed by atoms with van der Waals surface area (Å²) < 4.78 is 92.4. The first-order chi connectivity index (χ1) is 21.5. The number of anilines is 2. The molecule has 0 saturated carbocycles. The highest BCUT2D eigenvalue weighted by molar-refractivity contribution is 7.93. The normalized spacial score (nSPS) is 16.3. The monoisotopic (exact) mass is 686 g/mol. The van der Waals surface area contributed by atoms with Gasteiger partial charge in [-0.3, -0.25) is 9.59 Å². The standard InChI is InChI=1S/C30H35F5N6O5S/c1-18-21(16-36)24(30(33,34)35)38-25(41-13-8-11-29(31,32)12-14-41)23(18)26(43)37-19-9-7-10-20(15-19)47(6,45)39-22(42)17-40(5)27(44)46-28(2,3)4/h7,9-10,15H,8,11-14,17H2,1-6H3,(H,37,43)/t47-/m1/s1. The number of hydrogen-bond donors (Lipinski definition) is 1. The second-order valence-corrected chi connectivity index (χ2v) is 14.3. The number of amides is 3. The minimum atomic E-state index is -5.08. The third kappa shape index (κ3) is 9.60. The third-order valence-electron chi connectivity index (χ3n) is 6.94. The van der Waals surface area contributed by atoms with Gasteiger partial charge in [0.25, 0.3) is 11.8 Å². The van der Waals surface area contributed by atoms with Crippen molar-refractivity contribution in [3.05, 3.63) is 46.6 Å². The van der Waals surface area contributed by atoms with Gasteiger partial charge in [-0.2, -0.15) is 22.8 Å². The molecule has 1 fully saturated rings. The molecule has 1 aliphatic heterocycles. The molecule has 2 aromatic rings. The Hall–Kier alpha value is -4.33. The van der Waals surface area contributed by atoms with Crippen LogP contribution >= 0.6 is 0 Å². The molecule has 1 aromatic heterocycles. The number of carbonyl (C=O) groups excluding carboxylic acids is 3. The van der Waals surface area contributed by atoms with E-state index in [9.17, 15) is 45.8 Å². The summed E-state index contributed by atoms with van der Waals surface area (Å²) in [5, 5.41) is 12.1. The van der Waals surface area contributed by atoms with Crippen LogP contribution in [0.15, 0.2) is 33.5 Å². The predicted octanol–water partition coefficient (Wildman–Crippen LogP) is 6.01. The smallest absolute Gasteiger partial charge is 0.434 e. The summed E-state index contributed by atoms with van der Waals surface area (Å²) >= 11 is 0. The van der Waals surface area contributed by atoms with E-state index in [4.69, 9.17) is 4.74 Å². The van der Waals surface area contributed by atoms with Gasteiger partial charge in [-0.05, 0) is 57.9 Å². The number of benzene rings is 1. The van der Waals surface area contributed by atoms with Gasteiger partial charge in [-0.25, -0.2) is 22.8 Å². The average Bonchev–Trinajstić information content (AvgIpc) is 3.10. The van der Waals surface area contributed by atoms with Crippen LogP contribution in [0.5, 0.6) is 0 Å². The number of ether oxygens (including phenoxy) is 1. The molecule has 0 bridgehead atoms. The van der Waals surface area contributed by atoms with E-state index in [-0.39, 0.29) is 29.1 Å². The summed E-state index contributed by atoms with van der Waals surface area (Å²) in [5.74, 6) is -5.47. The lowest BCUT2D eigenvalue weighted by Gasteiger charge is -2.27. The molecule has 1 aliphatic rings. The van der Waals surface area contributed by atoms with Crippen LogP contribution in [0.1, 0.15) is 67.2 Å². The van der Waals surface area contributed by atoms with Crippen molar-refractivity contribution in [2.24, 2.45) is 4.36 Å². The number of carbonyl (C=O) groups is 3. The van der Waals surface area contributed by atoms with Gasteiger partial charge < -0.3 is 19.9 Å². The summed E-state index contributed by atoms with van der Waals surface area (Å²) in [5.41, 5.74) is -4.04.